The van der Waals surface area contributed by atoms with E-state index < -0.39 is 0 Å². The summed E-state index contributed by atoms with van der Waals surface area (Å²) in [6.45, 7) is 3.57. The highest BCUT2D eigenvalue weighted by Gasteiger charge is 2.26. The van der Waals surface area contributed by atoms with Crippen molar-refractivity contribution in [3.63, 3.8) is 0 Å². The molecule has 0 aromatic heterocycles. The number of piperidine rings is 1. The predicted octanol–water partition coefficient (Wildman–Crippen LogP) is 1.12. The zero-order valence-electron chi connectivity index (χ0n) is 12.6. The standard InChI is InChI=1S/C16H25N3O2/c1-21-12-13-7-9-19(10-8-13)11-15(16(20)18-17)14-5-3-2-4-6-14/h2-6,13,15H,7-12,17H2,1H3,(H,18,20). The summed E-state index contributed by atoms with van der Waals surface area (Å²) in [5, 5.41) is 0. The number of amides is 1. The quantitative estimate of drug-likeness (QED) is 0.468. The highest BCUT2D eigenvalue weighted by atomic mass is 16.5. The summed E-state index contributed by atoms with van der Waals surface area (Å²) in [4.78, 5) is 14.4. The number of ether oxygens (including phenoxy) is 1. The molecule has 1 aromatic rings. The molecule has 0 radical (unpaired) electrons. The zero-order valence-corrected chi connectivity index (χ0v) is 12.6. The van der Waals surface area contributed by atoms with Crippen LogP contribution in [-0.4, -0.2) is 44.2 Å². The van der Waals surface area contributed by atoms with Crippen LogP contribution >= 0.6 is 0 Å². The van der Waals surface area contributed by atoms with Crippen LogP contribution in [0.4, 0.5) is 0 Å². The Bertz CT molecular complexity index is 430. The number of carbonyl (C=O) groups is 1. The predicted molar refractivity (Wildman–Crippen MR) is 82.6 cm³/mol. The molecule has 0 saturated carbocycles. The van der Waals surface area contributed by atoms with Crippen LogP contribution in [0, 0.1) is 5.92 Å². The third-order valence-electron chi connectivity index (χ3n) is 4.21. The molecule has 1 aliphatic heterocycles. The van der Waals surface area contributed by atoms with Crippen molar-refractivity contribution in [2.45, 2.75) is 18.8 Å². The average Bonchev–Trinajstić information content (AvgIpc) is 2.54. The number of likely N-dealkylation sites (tertiary alicyclic amines) is 1. The lowest BCUT2D eigenvalue weighted by atomic mass is 9.94. The first-order chi connectivity index (χ1) is 10.2. The maximum Gasteiger partial charge on any atom is 0.242 e. The molecule has 1 aromatic carbocycles. The molecule has 1 saturated heterocycles. The van der Waals surface area contributed by atoms with Gasteiger partial charge in [-0.3, -0.25) is 10.2 Å². The molecule has 116 valence electrons. The normalized spacial score (nSPS) is 18.4. The fourth-order valence-corrected chi connectivity index (χ4v) is 2.96. The summed E-state index contributed by atoms with van der Waals surface area (Å²) in [5.41, 5.74) is 3.31. The molecule has 0 bridgehead atoms. The SMILES string of the molecule is COCC1CCN(CC(C(=O)NN)c2ccccc2)CC1. The van der Waals surface area contributed by atoms with E-state index in [2.05, 4.69) is 10.3 Å². The van der Waals surface area contributed by atoms with Crippen molar-refractivity contribution in [2.75, 3.05) is 33.4 Å². The van der Waals surface area contributed by atoms with Crippen LogP contribution in [0.2, 0.25) is 0 Å². The van der Waals surface area contributed by atoms with Crippen LogP contribution in [0.3, 0.4) is 0 Å². The first-order valence-corrected chi connectivity index (χ1v) is 7.51. The van der Waals surface area contributed by atoms with Crippen molar-refractivity contribution in [3.8, 4) is 0 Å². The Kier molecular flexibility index (Phi) is 6.17. The highest BCUT2D eigenvalue weighted by Crippen LogP contribution is 2.22. The Morgan fingerprint density at radius 3 is 2.62 bits per heavy atom. The van der Waals surface area contributed by atoms with Gasteiger partial charge in [0.1, 0.15) is 0 Å². The van der Waals surface area contributed by atoms with Gasteiger partial charge in [0, 0.05) is 20.3 Å². The maximum atomic E-state index is 12.1. The van der Waals surface area contributed by atoms with Crippen molar-refractivity contribution in [1.29, 1.82) is 0 Å². The fourth-order valence-electron chi connectivity index (χ4n) is 2.96. The van der Waals surface area contributed by atoms with E-state index in [1.807, 2.05) is 30.3 Å². The first kappa shape index (κ1) is 15.9. The molecule has 2 rings (SSSR count). The molecule has 1 unspecified atom stereocenters. The fraction of sp³-hybridized carbons (Fsp3) is 0.562. The lowest BCUT2D eigenvalue weighted by Gasteiger charge is -2.33. The summed E-state index contributed by atoms with van der Waals surface area (Å²) in [6, 6.07) is 9.83. The number of carbonyl (C=O) groups excluding carboxylic acids is 1. The van der Waals surface area contributed by atoms with Gasteiger partial charge in [-0.1, -0.05) is 30.3 Å². The van der Waals surface area contributed by atoms with Crippen LogP contribution in [0.1, 0.15) is 24.3 Å². The van der Waals surface area contributed by atoms with E-state index in [9.17, 15) is 4.79 Å². The van der Waals surface area contributed by atoms with Crippen LogP contribution in [0.25, 0.3) is 0 Å². The van der Waals surface area contributed by atoms with Crippen molar-refractivity contribution in [1.82, 2.24) is 10.3 Å². The molecule has 3 N–H and O–H groups in total. The number of nitrogens with zero attached hydrogens (tertiary/aromatic N) is 1. The number of hydrazine groups is 1. The van der Waals surface area contributed by atoms with Gasteiger partial charge in [-0.05, 0) is 37.4 Å². The van der Waals surface area contributed by atoms with Crippen molar-refractivity contribution in [2.24, 2.45) is 11.8 Å². The van der Waals surface area contributed by atoms with E-state index in [4.69, 9.17) is 10.6 Å². The van der Waals surface area contributed by atoms with Gasteiger partial charge in [0.15, 0.2) is 0 Å². The van der Waals surface area contributed by atoms with Crippen LogP contribution in [0.15, 0.2) is 30.3 Å². The maximum absolute atomic E-state index is 12.1. The molecule has 1 amide bonds. The van der Waals surface area contributed by atoms with E-state index in [-0.39, 0.29) is 11.8 Å². The Labute approximate surface area is 126 Å². The summed E-state index contributed by atoms with van der Waals surface area (Å²) in [5.74, 6) is 5.65. The molecule has 0 aliphatic carbocycles. The molecule has 5 nitrogen and oxygen atoms in total. The third kappa shape index (κ3) is 4.52. The van der Waals surface area contributed by atoms with Gasteiger partial charge in [0.25, 0.3) is 0 Å². The molecule has 0 spiro atoms. The van der Waals surface area contributed by atoms with Crippen molar-refractivity contribution < 1.29 is 9.53 Å². The summed E-state index contributed by atoms with van der Waals surface area (Å²) >= 11 is 0. The minimum absolute atomic E-state index is 0.125. The van der Waals surface area contributed by atoms with Gasteiger partial charge in [-0.2, -0.15) is 0 Å². The largest absolute Gasteiger partial charge is 0.384 e. The Morgan fingerprint density at radius 2 is 2.05 bits per heavy atom. The van der Waals surface area contributed by atoms with Gasteiger partial charge in [-0.15, -0.1) is 0 Å². The van der Waals surface area contributed by atoms with E-state index >= 15 is 0 Å². The van der Waals surface area contributed by atoms with E-state index in [0.29, 0.717) is 12.5 Å². The smallest absolute Gasteiger partial charge is 0.242 e. The minimum Gasteiger partial charge on any atom is -0.384 e. The van der Waals surface area contributed by atoms with Crippen LogP contribution in [-0.2, 0) is 9.53 Å². The third-order valence-corrected chi connectivity index (χ3v) is 4.21. The van der Waals surface area contributed by atoms with E-state index in [1.54, 1.807) is 7.11 Å². The number of nitrogens with two attached hydrogens (primary N) is 1. The van der Waals surface area contributed by atoms with Gasteiger partial charge >= 0.3 is 0 Å². The van der Waals surface area contributed by atoms with E-state index in [0.717, 1.165) is 38.1 Å². The molecule has 1 atom stereocenters. The Balaban J connectivity index is 1.96. The number of rotatable bonds is 6. The number of benzene rings is 1. The second kappa shape index (κ2) is 8.12. The van der Waals surface area contributed by atoms with E-state index in [1.165, 1.54) is 0 Å². The van der Waals surface area contributed by atoms with Gasteiger partial charge in [-0.25, -0.2) is 5.84 Å². The topological polar surface area (TPSA) is 67.6 Å². The summed E-state index contributed by atoms with van der Waals surface area (Å²) in [6.07, 6.45) is 2.25. The number of nitrogens with one attached hydrogen (secondary N) is 1. The molecule has 1 aliphatic rings. The molecule has 1 heterocycles. The second-order valence-electron chi connectivity index (χ2n) is 5.67. The molecule has 1 fully saturated rings. The highest BCUT2D eigenvalue weighted by molar-refractivity contribution is 5.83. The van der Waals surface area contributed by atoms with Crippen molar-refractivity contribution in [3.05, 3.63) is 35.9 Å². The van der Waals surface area contributed by atoms with Gasteiger partial charge in [0.2, 0.25) is 5.91 Å². The van der Waals surface area contributed by atoms with Gasteiger partial charge < -0.3 is 9.64 Å². The monoisotopic (exact) mass is 291 g/mol. The molecule has 21 heavy (non-hydrogen) atoms. The number of hydrogen-bond donors (Lipinski definition) is 2. The lowest BCUT2D eigenvalue weighted by Crippen LogP contribution is -2.43. The zero-order chi connectivity index (χ0) is 15.1. The minimum atomic E-state index is -0.213. The molecular weight excluding hydrogens is 266 g/mol. The van der Waals surface area contributed by atoms with Crippen molar-refractivity contribution >= 4 is 5.91 Å². The average molecular weight is 291 g/mol. The first-order valence-electron chi connectivity index (χ1n) is 7.51. The Morgan fingerprint density at radius 1 is 1.38 bits per heavy atom. The summed E-state index contributed by atoms with van der Waals surface area (Å²) in [7, 11) is 1.75. The number of hydrogen-bond acceptors (Lipinski definition) is 4. The number of methoxy groups -OCH3 is 1. The molecular formula is C16H25N3O2. The second-order valence-corrected chi connectivity index (χ2v) is 5.67. The van der Waals surface area contributed by atoms with Crippen LogP contribution in [0.5, 0.6) is 0 Å². The van der Waals surface area contributed by atoms with Gasteiger partial charge in [0.05, 0.1) is 5.92 Å². The lowest BCUT2D eigenvalue weighted by molar-refractivity contribution is -0.123. The van der Waals surface area contributed by atoms with Crippen LogP contribution < -0.4 is 11.3 Å². The summed E-state index contributed by atoms with van der Waals surface area (Å²) < 4.78 is 5.22. The Hall–Kier alpha value is -1.43. The molecule has 5 heteroatoms.